The highest BCUT2D eigenvalue weighted by Crippen LogP contribution is 2.38. The third-order valence-electron chi connectivity index (χ3n) is 9.50. The molecule has 0 N–H and O–H groups in total. The van der Waals surface area contributed by atoms with Crippen LogP contribution in [0.15, 0.2) is 174 Å². The van der Waals surface area contributed by atoms with Crippen LogP contribution in [0.1, 0.15) is 0 Å². The van der Waals surface area contributed by atoms with Crippen molar-refractivity contribution >= 4 is 43.7 Å². The van der Waals surface area contributed by atoms with Gasteiger partial charge in [-0.3, -0.25) is 4.57 Å². The smallest absolute Gasteiger partial charge is 0.238 e. The molecule has 10 aromatic rings. The Hall–Kier alpha value is -6.85. The molecule has 234 valence electrons. The van der Waals surface area contributed by atoms with Crippen molar-refractivity contribution in [1.29, 1.82) is 0 Å². The van der Waals surface area contributed by atoms with Gasteiger partial charge in [-0.1, -0.05) is 146 Å². The third-order valence-corrected chi connectivity index (χ3v) is 9.50. The second-order valence-corrected chi connectivity index (χ2v) is 12.5. The van der Waals surface area contributed by atoms with E-state index in [9.17, 15) is 0 Å². The van der Waals surface area contributed by atoms with E-state index in [4.69, 9.17) is 19.4 Å². The molecule has 5 heteroatoms. The SMILES string of the molecule is c1ccc(-c2ccc(-c3ccc4c5ccccc5n(-c5nc(-c6ccccc6)nc(-c6cccc7c6oc6ccccc67)n5)c4c3)cc2)cc1. The van der Waals surface area contributed by atoms with E-state index in [2.05, 4.69) is 108 Å². The lowest BCUT2D eigenvalue weighted by atomic mass is 9.99. The summed E-state index contributed by atoms with van der Waals surface area (Å²) < 4.78 is 8.62. The summed E-state index contributed by atoms with van der Waals surface area (Å²) in [6, 6.07) is 58.7. The number of hydrogen-bond donors (Lipinski definition) is 0. The van der Waals surface area contributed by atoms with Crippen LogP contribution in [0.5, 0.6) is 0 Å². The summed E-state index contributed by atoms with van der Waals surface area (Å²) >= 11 is 0. The van der Waals surface area contributed by atoms with E-state index in [1.165, 1.54) is 11.1 Å². The lowest BCUT2D eigenvalue weighted by molar-refractivity contribution is 0.669. The van der Waals surface area contributed by atoms with Crippen LogP contribution in [0.3, 0.4) is 0 Å². The monoisotopic (exact) mass is 640 g/mol. The number of rotatable bonds is 5. The molecule has 0 amide bonds. The van der Waals surface area contributed by atoms with Crippen molar-refractivity contribution in [2.75, 3.05) is 0 Å². The number of nitrogens with zero attached hydrogens (tertiary/aromatic N) is 4. The number of aromatic nitrogens is 4. The maximum atomic E-state index is 6.45. The van der Waals surface area contributed by atoms with Gasteiger partial charge in [-0.25, -0.2) is 4.98 Å². The summed E-state index contributed by atoms with van der Waals surface area (Å²) in [4.78, 5) is 15.4. The zero-order valence-electron chi connectivity index (χ0n) is 26.9. The van der Waals surface area contributed by atoms with Crippen LogP contribution < -0.4 is 0 Å². The highest BCUT2D eigenvalue weighted by Gasteiger charge is 2.20. The zero-order chi connectivity index (χ0) is 33.0. The third kappa shape index (κ3) is 4.60. The fourth-order valence-electron chi connectivity index (χ4n) is 7.08. The van der Waals surface area contributed by atoms with E-state index < -0.39 is 0 Å². The van der Waals surface area contributed by atoms with Gasteiger partial charge in [0.1, 0.15) is 11.2 Å². The van der Waals surface area contributed by atoms with Gasteiger partial charge in [0, 0.05) is 27.1 Å². The van der Waals surface area contributed by atoms with Gasteiger partial charge in [0.15, 0.2) is 11.6 Å². The normalized spacial score (nSPS) is 11.6. The van der Waals surface area contributed by atoms with Gasteiger partial charge in [-0.05, 0) is 46.5 Å². The molecule has 0 saturated carbocycles. The van der Waals surface area contributed by atoms with E-state index in [1.54, 1.807) is 0 Å². The summed E-state index contributed by atoms with van der Waals surface area (Å²) in [6.45, 7) is 0. The van der Waals surface area contributed by atoms with E-state index in [-0.39, 0.29) is 0 Å². The van der Waals surface area contributed by atoms with Crippen LogP contribution in [0.2, 0.25) is 0 Å². The fraction of sp³-hybridized carbons (Fsp3) is 0. The molecule has 0 aliphatic heterocycles. The molecule has 0 bridgehead atoms. The molecule has 5 nitrogen and oxygen atoms in total. The molecule has 0 spiro atoms. The second-order valence-electron chi connectivity index (χ2n) is 12.5. The predicted octanol–water partition coefficient (Wildman–Crippen LogP) is 11.5. The van der Waals surface area contributed by atoms with Gasteiger partial charge in [-0.2, -0.15) is 9.97 Å². The Kier molecular flexibility index (Phi) is 6.42. The fourth-order valence-corrected chi connectivity index (χ4v) is 7.08. The Balaban J connectivity index is 1.20. The minimum Gasteiger partial charge on any atom is -0.455 e. The van der Waals surface area contributed by atoms with Gasteiger partial charge < -0.3 is 4.42 Å². The van der Waals surface area contributed by atoms with Gasteiger partial charge in [-0.15, -0.1) is 0 Å². The number of para-hydroxylation sites is 3. The lowest BCUT2D eigenvalue weighted by Crippen LogP contribution is -2.06. The molecule has 0 aliphatic carbocycles. The van der Waals surface area contributed by atoms with Crippen LogP contribution in [-0.4, -0.2) is 19.5 Å². The van der Waals surface area contributed by atoms with Gasteiger partial charge >= 0.3 is 0 Å². The van der Waals surface area contributed by atoms with Gasteiger partial charge in [0.25, 0.3) is 0 Å². The van der Waals surface area contributed by atoms with Crippen LogP contribution in [0, 0.1) is 0 Å². The van der Waals surface area contributed by atoms with Crippen molar-refractivity contribution in [2.45, 2.75) is 0 Å². The van der Waals surface area contributed by atoms with Crippen LogP contribution in [0.25, 0.3) is 94.7 Å². The molecule has 0 unspecified atom stereocenters. The lowest BCUT2D eigenvalue weighted by Gasteiger charge is -2.12. The molecule has 0 fully saturated rings. The Labute approximate surface area is 287 Å². The van der Waals surface area contributed by atoms with Crippen molar-refractivity contribution < 1.29 is 4.42 Å². The summed E-state index contributed by atoms with van der Waals surface area (Å²) in [7, 11) is 0. The number of hydrogen-bond acceptors (Lipinski definition) is 4. The molecule has 0 atom stereocenters. The summed E-state index contributed by atoms with van der Waals surface area (Å²) in [5.74, 6) is 1.69. The quantitative estimate of drug-likeness (QED) is 0.188. The standard InChI is InChI=1S/C45H28N4O/c1-3-12-29(13-4-1)30-22-24-31(25-23-30)33-26-27-35-34-16-7-9-20-39(34)49(40(35)28-33)45-47-43(32-14-5-2-6-15-32)46-44(48-45)38-19-11-18-37-36-17-8-10-21-41(36)50-42(37)38/h1-28H. The molecule has 0 aliphatic rings. The van der Waals surface area contributed by atoms with Crippen LogP contribution in [-0.2, 0) is 0 Å². The van der Waals surface area contributed by atoms with E-state index in [0.29, 0.717) is 17.6 Å². The minimum absolute atomic E-state index is 0.546. The zero-order valence-corrected chi connectivity index (χ0v) is 26.9. The summed E-state index contributed by atoms with van der Waals surface area (Å²) in [5.41, 5.74) is 10.0. The average molecular weight is 641 g/mol. The molecule has 0 saturated heterocycles. The molecule has 50 heavy (non-hydrogen) atoms. The number of benzene rings is 7. The molecular formula is C45H28N4O. The topological polar surface area (TPSA) is 56.7 Å². The maximum absolute atomic E-state index is 6.45. The van der Waals surface area contributed by atoms with Crippen molar-refractivity contribution in [3.05, 3.63) is 170 Å². The Morgan fingerprint density at radius 3 is 1.76 bits per heavy atom. The summed E-state index contributed by atoms with van der Waals surface area (Å²) in [5, 5.41) is 4.36. The highest BCUT2D eigenvalue weighted by atomic mass is 16.3. The van der Waals surface area contributed by atoms with Crippen molar-refractivity contribution in [3.8, 4) is 51.0 Å². The van der Waals surface area contributed by atoms with Crippen LogP contribution in [0.4, 0.5) is 0 Å². The molecule has 3 heterocycles. The summed E-state index contributed by atoms with van der Waals surface area (Å²) in [6.07, 6.45) is 0. The van der Waals surface area contributed by atoms with E-state index >= 15 is 0 Å². The Morgan fingerprint density at radius 2 is 0.960 bits per heavy atom. The second kappa shape index (κ2) is 11.4. The average Bonchev–Trinajstić information content (AvgIpc) is 3.74. The Morgan fingerprint density at radius 1 is 0.380 bits per heavy atom. The molecule has 7 aromatic carbocycles. The van der Waals surface area contributed by atoms with Crippen molar-refractivity contribution in [2.24, 2.45) is 0 Å². The molecule has 0 radical (unpaired) electrons. The first-order valence-electron chi connectivity index (χ1n) is 16.7. The van der Waals surface area contributed by atoms with E-state index in [0.717, 1.165) is 66.0 Å². The number of fused-ring (bicyclic) bond motifs is 6. The van der Waals surface area contributed by atoms with Gasteiger partial charge in [0.2, 0.25) is 5.95 Å². The molecular weight excluding hydrogens is 613 g/mol. The first-order valence-corrected chi connectivity index (χ1v) is 16.7. The van der Waals surface area contributed by atoms with E-state index in [1.807, 2.05) is 66.7 Å². The van der Waals surface area contributed by atoms with Gasteiger partial charge in [0.05, 0.1) is 16.6 Å². The number of furan rings is 1. The van der Waals surface area contributed by atoms with Crippen LogP contribution >= 0.6 is 0 Å². The first-order chi connectivity index (χ1) is 24.8. The Bertz CT molecular complexity index is 2850. The largest absolute Gasteiger partial charge is 0.455 e. The first kappa shape index (κ1) is 28.2. The van der Waals surface area contributed by atoms with Crippen molar-refractivity contribution in [3.63, 3.8) is 0 Å². The maximum Gasteiger partial charge on any atom is 0.238 e. The predicted molar refractivity (Wildman–Crippen MR) is 203 cm³/mol. The minimum atomic E-state index is 0.546. The highest BCUT2D eigenvalue weighted by molar-refractivity contribution is 6.11. The molecule has 10 rings (SSSR count). The molecule has 3 aromatic heterocycles. The van der Waals surface area contributed by atoms with Crippen molar-refractivity contribution in [1.82, 2.24) is 19.5 Å².